The van der Waals surface area contributed by atoms with E-state index in [2.05, 4.69) is 118 Å². The van der Waals surface area contributed by atoms with Crippen molar-refractivity contribution in [2.75, 3.05) is 0 Å². The van der Waals surface area contributed by atoms with Crippen molar-refractivity contribution in [2.45, 2.75) is 33.1 Å². The molecule has 0 fully saturated rings. The van der Waals surface area contributed by atoms with Crippen LogP contribution in [0, 0.1) is 6.92 Å². The monoisotopic (exact) mass is 376 g/mol. The van der Waals surface area contributed by atoms with Crippen LogP contribution >= 0.6 is 0 Å². The van der Waals surface area contributed by atoms with E-state index in [4.69, 9.17) is 0 Å². The summed E-state index contributed by atoms with van der Waals surface area (Å²) in [6.45, 7) is 6.68. The lowest BCUT2D eigenvalue weighted by molar-refractivity contribution is 0.923. The minimum absolute atomic E-state index is 0.372. The zero-order valence-electron chi connectivity index (χ0n) is 17.5. The molecule has 0 amide bonds. The molecule has 0 heteroatoms. The number of hydrogen-bond acceptors (Lipinski definition) is 0. The van der Waals surface area contributed by atoms with E-state index < -0.39 is 0 Å². The van der Waals surface area contributed by atoms with Crippen LogP contribution < -0.4 is 0 Å². The molecule has 0 aliphatic heterocycles. The van der Waals surface area contributed by atoms with Crippen molar-refractivity contribution in [1.29, 1.82) is 0 Å². The Hall–Kier alpha value is -3.12. The minimum Gasteiger partial charge on any atom is -0.0620 e. The highest BCUT2D eigenvalue weighted by Gasteiger charge is 2.10. The van der Waals surface area contributed by atoms with Crippen molar-refractivity contribution in [1.82, 2.24) is 0 Å². The molecular formula is C29H28. The van der Waals surface area contributed by atoms with Crippen molar-refractivity contribution < 1.29 is 0 Å². The van der Waals surface area contributed by atoms with Gasteiger partial charge in [-0.05, 0) is 57.9 Å². The number of hydrogen-bond donors (Lipinski definition) is 0. The number of aryl methyl sites for hydroxylation is 2. The molecule has 0 radical (unpaired) electrons. The van der Waals surface area contributed by atoms with Crippen molar-refractivity contribution in [3.05, 3.63) is 119 Å². The molecule has 0 N–H and O–H groups in total. The summed E-state index contributed by atoms with van der Waals surface area (Å²) in [5.41, 5.74) is 10.7. The summed E-state index contributed by atoms with van der Waals surface area (Å²) in [6.07, 6.45) is 1.06. The molecule has 0 heterocycles. The van der Waals surface area contributed by atoms with E-state index in [9.17, 15) is 0 Å². The third-order valence-corrected chi connectivity index (χ3v) is 5.99. The Kier molecular flexibility index (Phi) is 5.62. The Morgan fingerprint density at radius 3 is 1.62 bits per heavy atom. The quantitative estimate of drug-likeness (QED) is 0.330. The van der Waals surface area contributed by atoms with Gasteiger partial charge in [0.25, 0.3) is 0 Å². The molecule has 4 aromatic rings. The third-order valence-electron chi connectivity index (χ3n) is 5.99. The third kappa shape index (κ3) is 4.03. The zero-order valence-corrected chi connectivity index (χ0v) is 17.5. The highest BCUT2D eigenvalue weighted by molar-refractivity contribution is 5.69. The predicted octanol–water partition coefficient (Wildman–Crippen LogP) is 8.04. The van der Waals surface area contributed by atoms with Gasteiger partial charge in [-0.25, -0.2) is 0 Å². The first-order chi connectivity index (χ1) is 14.2. The fourth-order valence-electron chi connectivity index (χ4n) is 4.10. The van der Waals surface area contributed by atoms with Crippen molar-refractivity contribution in [2.24, 2.45) is 0 Å². The second-order valence-electron chi connectivity index (χ2n) is 7.79. The maximum atomic E-state index is 2.29. The molecule has 0 aliphatic carbocycles. The van der Waals surface area contributed by atoms with E-state index in [1.807, 2.05) is 0 Å². The van der Waals surface area contributed by atoms with Crippen molar-refractivity contribution in [3.8, 4) is 22.3 Å². The Morgan fingerprint density at radius 2 is 1.07 bits per heavy atom. The summed E-state index contributed by atoms with van der Waals surface area (Å²) in [5, 5.41) is 0. The molecule has 29 heavy (non-hydrogen) atoms. The first-order valence-electron chi connectivity index (χ1n) is 10.5. The van der Waals surface area contributed by atoms with Gasteiger partial charge >= 0.3 is 0 Å². The normalized spacial score (nSPS) is 12.0. The Balaban J connectivity index is 1.57. The van der Waals surface area contributed by atoms with Gasteiger partial charge in [0.05, 0.1) is 0 Å². The summed E-state index contributed by atoms with van der Waals surface area (Å²) in [7, 11) is 0. The Morgan fingerprint density at radius 1 is 0.586 bits per heavy atom. The van der Waals surface area contributed by atoms with Gasteiger partial charge in [-0.3, -0.25) is 0 Å². The molecule has 0 spiro atoms. The molecule has 1 unspecified atom stereocenters. The van der Waals surface area contributed by atoms with E-state index in [0.717, 1.165) is 6.42 Å². The maximum Gasteiger partial charge on any atom is 0.00610 e. The topological polar surface area (TPSA) is 0 Å². The molecule has 144 valence electrons. The van der Waals surface area contributed by atoms with E-state index in [-0.39, 0.29) is 0 Å². The average molecular weight is 377 g/mol. The molecule has 0 nitrogen and oxygen atoms in total. The molecule has 4 rings (SSSR count). The van der Waals surface area contributed by atoms with Gasteiger partial charge in [-0.2, -0.15) is 0 Å². The first-order valence-corrected chi connectivity index (χ1v) is 10.5. The van der Waals surface area contributed by atoms with Gasteiger partial charge < -0.3 is 0 Å². The van der Waals surface area contributed by atoms with Crippen LogP contribution in [0.2, 0.25) is 0 Å². The van der Waals surface area contributed by atoms with Crippen molar-refractivity contribution >= 4 is 0 Å². The number of benzene rings is 4. The van der Waals surface area contributed by atoms with Crippen LogP contribution in [0.3, 0.4) is 0 Å². The fourth-order valence-corrected chi connectivity index (χ4v) is 4.10. The zero-order chi connectivity index (χ0) is 20.2. The largest absolute Gasteiger partial charge is 0.0620 e. The second kappa shape index (κ2) is 8.49. The highest BCUT2D eigenvalue weighted by atomic mass is 14.1. The fraction of sp³-hybridized carbons (Fsp3) is 0.172. The van der Waals surface area contributed by atoms with Crippen LogP contribution in [0.25, 0.3) is 22.3 Å². The van der Waals surface area contributed by atoms with Crippen molar-refractivity contribution in [3.63, 3.8) is 0 Å². The predicted molar refractivity (Wildman–Crippen MR) is 125 cm³/mol. The van der Waals surface area contributed by atoms with Gasteiger partial charge in [0.15, 0.2) is 0 Å². The smallest absolute Gasteiger partial charge is 0.00610 e. The van der Waals surface area contributed by atoms with Gasteiger partial charge in [-0.15, -0.1) is 0 Å². The second-order valence-corrected chi connectivity index (χ2v) is 7.79. The maximum absolute atomic E-state index is 2.29. The molecule has 0 bridgehead atoms. The van der Waals surface area contributed by atoms with Crippen LogP contribution in [-0.2, 0) is 6.42 Å². The molecule has 0 saturated carbocycles. The van der Waals surface area contributed by atoms with Crippen LogP contribution in [0.4, 0.5) is 0 Å². The van der Waals surface area contributed by atoms with Gasteiger partial charge in [0, 0.05) is 5.92 Å². The summed E-state index contributed by atoms with van der Waals surface area (Å²) in [6, 6.07) is 35.4. The van der Waals surface area contributed by atoms with Gasteiger partial charge in [0.1, 0.15) is 0 Å². The van der Waals surface area contributed by atoms with E-state index in [0.29, 0.717) is 5.92 Å². The summed E-state index contributed by atoms with van der Waals surface area (Å²) in [4.78, 5) is 0. The highest BCUT2D eigenvalue weighted by Crippen LogP contribution is 2.30. The number of rotatable bonds is 5. The minimum atomic E-state index is 0.372. The lowest BCUT2D eigenvalue weighted by atomic mass is 9.89. The summed E-state index contributed by atoms with van der Waals surface area (Å²) < 4.78 is 0. The molecule has 1 atom stereocenters. The molecule has 0 saturated heterocycles. The molecule has 4 aromatic carbocycles. The summed E-state index contributed by atoms with van der Waals surface area (Å²) >= 11 is 0. The molecule has 0 aliphatic rings. The Bertz CT molecular complexity index is 1090. The van der Waals surface area contributed by atoms with E-state index in [1.165, 1.54) is 44.5 Å². The van der Waals surface area contributed by atoms with Crippen LogP contribution in [0.15, 0.2) is 97.1 Å². The molecule has 0 aromatic heterocycles. The van der Waals surface area contributed by atoms with Crippen LogP contribution in [-0.4, -0.2) is 0 Å². The van der Waals surface area contributed by atoms with E-state index >= 15 is 0 Å². The van der Waals surface area contributed by atoms with Crippen LogP contribution in [0.5, 0.6) is 0 Å². The average Bonchev–Trinajstić information content (AvgIpc) is 2.79. The lowest BCUT2D eigenvalue weighted by Crippen LogP contribution is -1.96. The lowest BCUT2D eigenvalue weighted by Gasteiger charge is -2.15. The molecular weight excluding hydrogens is 348 g/mol. The van der Waals surface area contributed by atoms with E-state index in [1.54, 1.807) is 0 Å². The Labute approximate surface area is 174 Å². The van der Waals surface area contributed by atoms with Crippen LogP contribution in [0.1, 0.15) is 42.0 Å². The SMILES string of the molecule is CCc1ccccc1-c1ccc(C(C)c2ccc(-c3ccccc3C)cc2)cc1. The van der Waals surface area contributed by atoms with Gasteiger partial charge in [0.2, 0.25) is 0 Å². The summed E-state index contributed by atoms with van der Waals surface area (Å²) in [5.74, 6) is 0.372. The first kappa shape index (κ1) is 19.2. The standard InChI is InChI=1S/C29H28/c1-4-23-10-6-8-12-29(23)27-19-15-25(16-20-27)22(3)24-13-17-26(18-14-24)28-11-7-5-9-21(28)2/h5-20,22H,4H2,1-3H3. The van der Waals surface area contributed by atoms with Gasteiger partial charge in [-0.1, -0.05) is 111 Å².